The fourth-order valence-electron chi connectivity index (χ4n) is 3.52. The number of carbonyl (C=O) groups is 1. The average molecular weight is 501 g/mol. The Bertz CT molecular complexity index is 1420. The molecule has 1 amide bonds. The van der Waals surface area contributed by atoms with Gasteiger partial charge in [-0.05, 0) is 67.1 Å². The summed E-state index contributed by atoms with van der Waals surface area (Å²) in [5.41, 5.74) is 1.45. The zero-order valence-corrected chi connectivity index (χ0v) is 20.9. The van der Waals surface area contributed by atoms with Crippen LogP contribution in [0.5, 0.6) is 23.0 Å². The van der Waals surface area contributed by atoms with Gasteiger partial charge in [0.25, 0.3) is 11.5 Å². The maximum absolute atomic E-state index is 13.6. The Morgan fingerprint density at radius 1 is 0.919 bits per heavy atom. The van der Waals surface area contributed by atoms with Crippen molar-refractivity contribution >= 4 is 17.3 Å². The molecule has 190 valence electrons. The average Bonchev–Trinajstić information content (AvgIpc) is 2.94. The number of amides is 1. The molecule has 0 spiro atoms. The minimum absolute atomic E-state index is 0.152. The Kier molecular flexibility index (Phi) is 8.05. The number of nitrogens with zero attached hydrogens (tertiary/aromatic N) is 2. The van der Waals surface area contributed by atoms with E-state index in [1.165, 1.54) is 10.9 Å². The third-order valence-corrected chi connectivity index (χ3v) is 5.48. The smallest absolute Gasteiger partial charge is 0.299 e. The van der Waals surface area contributed by atoms with E-state index in [0.717, 1.165) is 6.42 Å². The number of benzene rings is 3. The molecular weight excluding hydrogens is 472 g/mol. The van der Waals surface area contributed by atoms with Crippen molar-refractivity contribution in [3.05, 3.63) is 94.9 Å². The summed E-state index contributed by atoms with van der Waals surface area (Å²) in [5, 5.41) is 10.3. The van der Waals surface area contributed by atoms with Gasteiger partial charge in [0, 0.05) is 23.9 Å². The van der Waals surface area contributed by atoms with Gasteiger partial charge in [0.05, 0.1) is 26.1 Å². The molecule has 4 rings (SSSR count). The molecule has 4 aromatic rings. The van der Waals surface area contributed by atoms with Crippen LogP contribution in [-0.2, 0) is 0 Å². The second-order valence-electron chi connectivity index (χ2n) is 8.04. The lowest BCUT2D eigenvalue weighted by atomic mass is 10.2. The lowest BCUT2D eigenvalue weighted by molar-refractivity contribution is 0.0953. The van der Waals surface area contributed by atoms with Crippen LogP contribution in [0.15, 0.2) is 83.8 Å². The summed E-state index contributed by atoms with van der Waals surface area (Å²) in [7, 11) is 3.14. The Hall–Kier alpha value is -4.79. The van der Waals surface area contributed by atoms with Gasteiger partial charge in [-0.15, -0.1) is 0 Å². The number of nitrogens with one attached hydrogen (secondary N) is 2. The van der Waals surface area contributed by atoms with Crippen LogP contribution in [0.3, 0.4) is 0 Å². The Morgan fingerprint density at radius 3 is 2.30 bits per heavy atom. The standard InChI is InChI=1S/C28H28N4O5/c1-4-16-29-27(33)19-8-10-20(11-9-19)31-26-25(37-24-7-5-6-23(17-24)36-3)18-30-32(28(26)34)21-12-14-22(35-2)15-13-21/h5-15,17-18,31H,4,16H2,1-3H3,(H,29,33). The van der Waals surface area contributed by atoms with Gasteiger partial charge in [-0.25, -0.2) is 0 Å². The first kappa shape index (κ1) is 25.3. The van der Waals surface area contributed by atoms with Crippen LogP contribution in [0, 0.1) is 0 Å². The highest BCUT2D eigenvalue weighted by Crippen LogP contribution is 2.30. The molecule has 1 aromatic heterocycles. The van der Waals surface area contributed by atoms with Crippen LogP contribution < -0.4 is 30.4 Å². The molecule has 37 heavy (non-hydrogen) atoms. The van der Waals surface area contributed by atoms with Gasteiger partial charge in [0.2, 0.25) is 0 Å². The molecule has 9 heteroatoms. The van der Waals surface area contributed by atoms with Crippen molar-refractivity contribution in [3.63, 3.8) is 0 Å². The normalized spacial score (nSPS) is 10.5. The summed E-state index contributed by atoms with van der Waals surface area (Å²) < 4.78 is 17.8. The summed E-state index contributed by atoms with van der Waals surface area (Å²) in [4.78, 5) is 25.8. The third kappa shape index (κ3) is 6.07. The lowest BCUT2D eigenvalue weighted by Crippen LogP contribution is -2.24. The number of hydrogen-bond acceptors (Lipinski definition) is 7. The van der Waals surface area contributed by atoms with E-state index in [9.17, 15) is 9.59 Å². The van der Waals surface area contributed by atoms with Gasteiger partial charge in [-0.1, -0.05) is 13.0 Å². The fraction of sp³-hybridized carbons (Fsp3) is 0.179. The van der Waals surface area contributed by atoms with Crippen LogP contribution >= 0.6 is 0 Å². The van der Waals surface area contributed by atoms with Gasteiger partial charge in [0.1, 0.15) is 17.2 Å². The summed E-state index contributed by atoms with van der Waals surface area (Å²) in [6.45, 7) is 2.59. The van der Waals surface area contributed by atoms with Crippen molar-refractivity contribution in [2.24, 2.45) is 0 Å². The maximum Gasteiger partial charge on any atom is 0.299 e. The summed E-state index contributed by atoms with van der Waals surface area (Å²) >= 11 is 0. The monoisotopic (exact) mass is 500 g/mol. The minimum atomic E-state index is -0.421. The Morgan fingerprint density at radius 2 is 1.62 bits per heavy atom. The molecule has 0 bridgehead atoms. The van der Waals surface area contributed by atoms with Gasteiger partial charge < -0.3 is 24.8 Å². The molecule has 0 radical (unpaired) electrons. The second-order valence-corrected chi connectivity index (χ2v) is 8.04. The highest BCUT2D eigenvalue weighted by molar-refractivity contribution is 5.94. The van der Waals surface area contributed by atoms with Gasteiger partial charge in [-0.2, -0.15) is 9.78 Å². The quantitative estimate of drug-likeness (QED) is 0.318. The Labute approximate surface area is 214 Å². The topological polar surface area (TPSA) is 104 Å². The molecule has 0 fully saturated rings. The second kappa shape index (κ2) is 11.8. The molecule has 1 heterocycles. The highest BCUT2D eigenvalue weighted by Gasteiger charge is 2.16. The number of hydrogen-bond donors (Lipinski definition) is 2. The van der Waals surface area contributed by atoms with Crippen LogP contribution in [0.2, 0.25) is 0 Å². The molecule has 9 nitrogen and oxygen atoms in total. The molecular formula is C28H28N4O5. The SMILES string of the molecule is CCCNC(=O)c1ccc(Nc2c(Oc3cccc(OC)c3)cnn(-c3ccc(OC)cc3)c2=O)cc1. The van der Waals surface area contributed by atoms with Crippen molar-refractivity contribution in [1.82, 2.24) is 15.1 Å². The molecule has 0 saturated carbocycles. The predicted molar refractivity (Wildman–Crippen MR) is 142 cm³/mol. The molecule has 0 aliphatic heterocycles. The number of methoxy groups -OCH3 is 2. The fourth-order valence-corrected chi connectivity index (χ4v) is 3.52. The van der Waals surface area contributed by atoms with Crippen molar-refractivity contribution in [2.45, 2.75) is 13.3 Å². The van der Waals surface area contributed by atoms with E-state index in [4.69, 9.17) is 14.2 Å². The zero-order valence-electron chi connectivity index (χ0n) is 20.9. The van der Waals surface area contributed by atoms with E-state index in [-0.39, 0.29) is 17.3 Å². The van der Waals surface area contributed by atoms with Crippen molar-refractivity contribution < 1.29 is 19.0 Å². The first-order valence-corrected chi connectivity index (χ1v) is 11.8. The minimum Gasteiger partial charge on any atom is -0.497 e. The molecule has 3 aromatic carbocycles. The van der Waals surface area contributed by atoms with Crippen LogP contribution in [0.25, 0.3) is 5.69 Å². The molecule has 0 aliphatic rings. The van der Waals surface area contributed by atoms with Gasteiger partial charge in [0.15, 0.2) is 11.4 Å². The summed E-state index contributed by atoms with van der Waals surface area (Å²) in [5.74, 6) is 1.84. The van der Waals surface area contributed by atoms with Crippen LogP contribution in [-0.4, -0.2) is 36.5 Å². The number of anilines is 2. The number of ether oxygens (including phenoxy) is 3. The lowest BCUT2D eigenvalue weighted by Gasteiger charge is -2.15. The van der Waals surface area contributed by atoms with Crippen molar-refractivity contribution in [1.29, 1.82) is 0 Å². The maximum atomic E-state index is 13.6. The van der Waals surface area contributed by atoms with Crippen molar-refractivity contribution in [3.8, 4) is 28.7 Å². The predicted octanol–water partition coefficient (Wildman–Crippen LogP) is 4.93. The van der Waals surface area contributed by atoms with E-state index in [1.54, 1.807) is 87.0 Å². The number of aromatic nitrogens is 2. The third-order valence-electron chi connectivity index (χ3n) is 5.48. The van der Waals surface area contributed by atoms with Crippen LogP contribution in [0.1, 0.15) is 23.7 Å². The van der Waals surface area contributed by atoms with E-state index >= 15 is 0 Å². The Balaban J connectivity index is 1.70. The van der Waals surface area contributed by atoms with Gasteiger partial charge in [-0.3, -0.25) is 9.59 Å². The van der Waals surface area contributed by atoms with Crippen molar-refractivity contribution in [2.75, 3.05) is 26.1 Å². The molecule has 2 N–H and O–H groups in total. The number of carbonyl (C=O) groups excluding carboxylic acids is 1. The molecule has 0 saturated heterocycles. The largest absolute Gasteiger partial charge is 0.497 e. The first-order valence-electron chi connectivity index (χ1n) is 11.8. The molecule has 0 atom stereocenters. The zero-order chi connectivity index (χ0) is 26.2. The highest BCUT2D eigenvalue weighted by atomic mass is 16.5. The summed E-state index contributed by atoms with van der Waals surface area (Å²) in [6.07, 6.45) is 2.32. The molecule has 0 unspecified atom stereocenters. The van der Waals surface area contributed by atoms with Crippen LogP contribution in [0.4, 0.5) is 11.4 Å². The number of rotatable bonds is 10. The van der Waals surface area contributed by atoms with E-state index in [2.05, 4.69) is 15.7 Å². The van der Waals surface area contributed by atoms with E-state index < -0.39 is 5.56 Å². The molecule has 0 aliphatic carbocycles. The summed E-state index contributed by atoms with van der Waals surface area (Å²) in [6, 6.07) is 20.9. The first-order chi connectivity index (χ1) is 18.0. The van der Waals surface area contributed by atoms with E-state index in [1.807, 2.05) is 6.92 Å². The van der Waals surface area contributed by atoms with E-state index in [0.29, 0.717) is 40.7 Å². The van der Waals surface area contributed by atoms with Gasteiger partial charge >= 0.3 is 0 Å².